The first-order valence-corrected chi connectivity index (χ1v) is 11.8. The van der Waals surface area contributed by atoms with E-state index in [-0.39, 0.29) is 28.7 Å². The lowest BCUT2D eigenvalue weighted by Gasteiger charge is -2.55. The van der Waals surface area contributed by atoms with Crippen LogP contribution in [0, 0.1) is 37.0 Å². The number of carbonyl (C=O) groups is 2. The highest BCUT2D eigenvalue weighted by Crippen LogP contribution is 2.60. The molecule has 4 N–H and O–H groups in total. The normalized spacial score (nSPS) is 30.2. The molecule has 0 aliphatic heterocycles. The molecule has 7 nitrogen and oxygen atoms in total. The molecule has 8 heteroatoms. The van der Waals surface area contributed by atoms with Crippen molar-refractivity contribution in [1.82, 2.24) is 5.32 Å². The Kier molecular flexibility index (Phi) is 4.98. The molecule has 0 saturated heterocycles. The van der Waals surface area contributed by atoms with Crippen molar-refractivity contribution in [3.63, 3.8) is 0 Å². The average molecular weight is 420 g/mol. The number of sulfonamides is 1. The van der Waals surface area contributed by atoms with Gasteiger partial charge in [0.2, 0.25) is 21.8 Å². The molecule has 29 heavy (non-hydrogen) atoms. The molecule has 0 unspecified atom stereocenters. The van der Waals surface area contributed by atoms with E-state index in [4.69, 9.17) is 5.14 Å². The standard InChI is InChI=1S/C21H29N3O4S/c1-12-3-17(29(22,27)28)7-18(13(12)2)24-19(25)11-23-20(26)21-8-14-4-15(9-21)6-16(5-14)10-21/h3,7,14-16H,4-6,8-11H2,1-2H3,(H,23,26)(H,24,25)(H2,22,27,28). The van der Waals surface area contributed by atoms with E-state index in [1.165, 1.54) is 31.4 Å². The number of aryl methyl sites for hydroxylation is 1. The van der Waals surface area contributed by atoms with Gasteiger partial charge in [-0.1, -0.05) is 0 Å². The first-order chi connectivity index (χ1) is 13.6. The maximum Gasteiger partial charge on any atom is 0.243 e. The summed E-state index contributed by atoms with van der Waals surface area (Å²) >= 11 is 0. The van der Waals surface area contributed by atoms with Gasteiger partial charge in [-0.3, -0.25) is 9.59 Å². The second-order valence-corrected chi connectivity index (χ2v) is 10.9. The van der Waals surface area contributed by atoms with Gasteiger partial charge in [-0.15, -0.1) is 0 Å². The highest BCUT2D eigenvalue weighted by Gasteiger charge is 2.54. The molecule has 1 aromatic rings. The van der Waals surface area contributed by atoms with Gasteiger partial charge in [-0.25, -0.2) is 13.6 Å². The minimum absolute atomic E-state index is 0.00191. The van der Waals surface area contributed by atoms with Crippen molar-refractivity contribution in [2.75, 3.05) is 11.9 Å². The van der Waals surface area contributed by atoms with Crippen LogP contribution in [0.3, 0.4) is 0 Å². The molecule has 4 aliphatic carbocycles. The van der Waals surface area contributed by atoms with Crippen LogP contribution >= 0.6 is 0 Å². The van der Waals surface area contributed by atoms with Gasteiger partial charge in [0, 0.05) is 11.1 Å². The molecule has 0 spiro atoms. The van der Waals surface area contributed by atoms with Crippen LogP contribution in [0.25, 0.3) is 0 Å². The Balaban J connectivity index is 1.41. The fourth-order valence-electron chi connectivity index (χ4n) is 6.05. The maximum absolute atomic E-state index is 13.0. The third-order valence-corrected chi connectivity index (χ3v) is 8.07. The lowest BCUT2D eigenvalue weighted by Crippen LogP contribution is -2.54. The Morgan fingerprint density at radius 3 is 2.14 bits per heavy atom. The van der Waals surface area contributed by atoms with Crippen molar-refractivity contribution in [3.8, 4) is 0 Å². The monoisotopic (exact) mass is 419 g/mol. The molecule has 0 aromatic heterocycles. The fourth-order valence-corrected chi connectivity index (χ4v) is 6.67. The summed E-state index contributed by atoms with van der Waals surface area (Å²) in [5, 5.41) is 10.8. The molecule has 4 bridgehead atoms. The third kappa shape index (κ3) is 3.92. The van der Waals surface area contributed by atoms with Crippen LogP contribution in [0.4, 0.5) is 5.69 Å². The Labute approximate surface area is 171 Å². The minimum Gasteiger partial charge on any atom is -0.347 e. The van der Waals surface area contributed by atoms with E-state index in [1.807, 2.05) is 0 Å². The van der Waals surface area contributed by atoms with Crippen molar-refractivity contribution in [2.45, 2.75) is 57.3 Å². The van der Waals surface area contributed by atoms with E-state index in [9.17, 15) is 18.0 Å². The van der Waals surface area contributed by atoms with Crippen LogP contribution in [-0.4, -0.2) is 26.8 Å². The molecule has 1 aromatic carbocycles. The van der Waals surface area contributed by atoms with Crippen LogP contribution in [0.2, 0.25) is 0 Å². The molecule has 2 amide bonds. The smallest absolute Gasteiger partial charge is 0.243 e. The van der Waals surface area contributed by atoms with Crippen LogP contribution < -0.4 is 15.8 Å². The van der Waals surface area contributed by atoms with Gasteiger partial charge in [0.15, 0.2) is 0 Å². The topological polar surface area (TPSA) is 118 Å². The summed E-state index contributed by atoms with van der Waals surface area (Å²) in [6.07, 6.45) is 6.60. The van der Waals surface area contributed by atoms with E-state index >= 15 is 0 Å². The zero-order valence-corrected chi connectivity index (χ0v) is 17.8. The zero-order valence-electron chi connectivity index (χ0n) is 17.0. The van der Waals surface area contributed by atoms with E-state index in [2.05, 4.69) is 10.6 Å². The Morgan fingerprint density at radius 1 is 1.07 bits per heavy atom. The number of primary sulfonamides is 1. The zero-order chi connectivity index (χ0) is 21.0. The van der Waals surface area contributed by atoms with Crippen LogP contribution in [0.5, 0.6) is 0 Å². The summed E-state index contributed by atoms with van der Waals surface area (Å²) in [5.74, 6) is 1.60. The minimum atomic E-state index is -3.87. The maximum atomic E-state index is 13.0. The number of amides is 2. The highest BCUT2D eigenvalue weighted by molar-refractivity contribution is 7.89. The van der Waals surface area contributed by atoms with Gasteiger partial charge in [0.05, 0.1) is 11.4 Å². The van der Waals surface area contributed by atoms with E-state index in [1.54, 1.807) is 13.8 Å². The molecular weight excluding hydrogens is 390 g/mol. The average Bonchev–Trinajstić information content (AvgIpc) is 2.61. The molecular formula is C21H29N3O4S. The second-order valence-electron chi connectivity index (χ2n) is 9.39. The predicted molar refractivity (Wildman–Crippen MR) is 110 cm³/mol. The quantitative estimate of drug-likeness (QED) is 0.678. The molecule has 5 rings (SSSR count). The molecule has 158 valence electrons. The number of anilines is 1. The molecule has 0 atom stereocenters. The Hall–Kier alpha value is -1.93. The Bertz CT molecular complexity index is 935. The summed E-state index contributed by atoms with van der Waals surface area (Å²) in [4.78, 5) is 25.4. The van der Waals surface area contributed by atoms with E-state index in [0.29, 0.717) is 29.0 Å². The van der Waals surface area contributed by atoms with Gasteiger partial charge in [-0.2, -0.15) is 0 Å². The molecule has 4 aliphatic rings. The molecule has 0 radical (unpaired) electrons. The van der Waals surface area contributed by atoms with E-state index in [0.717, 1.165) is 24.8 Å². The molecule has 4 fully saturated rings. The lowest BCUT2D eigenvalue weighted by molar-refractivity contribution is -0.146. The summed E-state index contributed by atoms with van der Waals surface area (Å²) < 4.78 is 23.3. The summed E-state index contributed by atoms with van der Waals surface area (Å²) in [6, 6.07) is 2.84. The largest absolute Gasteiger partial charge is 0.347 e. The van der Waals surface area contributed by atoms with Crippen molar-refractivity contribution in [3.05, 3.63) is 23.3 Å². The van der Waals surface area contributed by atoms with Gasteiger partial charge in [0.25, 0.3) is 0 Å². The predicted octanol–water partition coefficient (Wildman–Crippen LogP) is 2.22. The third-order valence-electron chi connectivity index (χ3n) is 7.17. The van der Waals surface area contributed by atoms with Crippen molar-refractivity contribution < 1.29 is 18.0 Å². The molecule has 0 heterocycles. The lowest BCUT2D eigenvalue weighted by atomic mass is 9.49. The Morgan fingerprint density at radius 2 is 1.62 bits per heavy atom. The SMILES string of the molecule is Cc1cc(S(N)(=O)=O)cc(NC(=O)CNC(=O)C23CC4CC(CC(C4)C2)C3)c1C. The van der Waals surface area contributed by atoms with Crippen molar-refractivity contribution >= 4 is 27.5 Å². The molecule has 4 saturated carbocycles. The first kappa shape index (κ1) is 20.3. The van der Waals surface area contributed by atoms with Crippen molar-refractivity contribution in [1.29, 1.82) is 0 Å². The number of benzene rings is 1. The van der Waals surface area contributed by atoms with Crippen molar-refractivity contribution in [2.24, 2.45) is 28.3 Å². The highest BCUT2D eigenvalue weighted by atomic mass is 32.2. The van der Waals surface area contributed by atoms with Gasteiger partial charge < -0.3 is 10.6 Å². The number of nitrogens with two attached hydrogens (primary N) is 1. The fraction of sp³-hybridized carbons (Fsp3) is 0.619. The van der Waals surface area contributed by atoms with Crippen LogP contribution in [-0.2, 0) is 19.6 Å². The van der Waals surface area contributed by atoms with Crippen LogP contribution in [0.15, 0.2) is 17.0 Å². The van der Waals surface area contributed by atoms with Crippen LogP contribution in [0.1, 0.15) is 49.7 Å². The number of hydrogen-bond donors (Lipinski definition) is 3. The summed E-state index contributed by atoms with van der Waals surface area (Å²) in [6.45, 7) is 3.43. The van der Waals surface area contributed by atoms with Gasteiger partial charge in [-0.05, 0) is 93.4 Å². The number of hydrogen-bond acceptors (Lipinski definition) is 4. The second kappa shape index (κ2) is 7.09. The number of carbonyl (C=O) groups excluding carboxylic acids is 2. The first-order valence-electron chi connectivity index (χ1n) is 10.3. The number of rotatable bonds is 5. The number of nitrogens with one attached hydrogen (secondary N) is 2. The summed E-state index contributed by atoms with van der Waals surface area (Å²) in [7, 11) is -3.87. The summed E-state index contributed by atoms with van der Waals surface area (Å²) in [5.41, 5.74) is 1.57. The van der Waals surface area contributed by atoms with Gasteiger partial charge in [0.1, 0.15) is 0 Å². The van der Waals surface area contributed by atoms with Gasteiger partial charge >= 0.3 is 0 Å². The van der Waals surface area contributed by atoms with E-state index < -0.39 is 10.0 Å².